The summed E-state index contributed by atoms with van der Waals surface area (Å²) >= 11 is 0. The van der Waals surface area contributed by atoms with Crippen LogP contribution in [-0.2, 0) is 19.9 Å². The maximum atomic E-state index is 12.7. The van der Waals surface area contributed by atoms with Gasteiger partial charge in [-0.15, -0.1) is 0 Å². The second kappa shape index (κ2) is 5.71. The SMILES string of the molecule is COC(=O)CN1C(=O)N(C)[C@@](C)(c2ccc(C(=N)N)cc2)C1=O. The predicted molar refractivity (Wildman–Crippen MR) is 81.7 cm³/mol. The lowest BCUT2D eigenvalue weighted by atomic mass is 9.90. The van der Waals surface area contributed by atoms with Crippen LogP contribution >= 0.6 is 0 Å². The van der Waals surface area contributed by atoms with Crippen LogP contribution < -0.4 is 5.73 Å². The number of likely N-dealkylation sites (N-methyl/N-ethyl adjacent to an activating group) is 1. The first-order chi connectivity index (χ1) is 10.7. The van der Waals surface area contributed by atoms with Gasteiger partial charge in [-0.3, -0.25) is 19.9 Å². The molecule has 1 atom stereocenters. The van der Waals surface area contributed by atoms with Crippen molar-refractivity contribution in [3.63, 3.8) is 0 Å². The van der Waals surface area contributed by atoms with Crippen LogP contribution in [-0.4, -0.2) is 54.2 Å². The lowest BCUT2D eigenvalue weighted by Gasteiger charge is -2.29. The van der Waals surface area contributed by atoms with Gasteiger partial charge in [0.25, 0.3) is 5.91 Å². The molecule has 8 nitrogen and oxygen atoms in total. The molecule has 1 aliphatic rings. The van der Waals surface area contributed by atoms with Gasteiger partial charge in [-0.25, -0.2) is 4.79 Å². The highest BCUT2D eigenvalue weighted by Crippen LogP contribution is 2.35. The summed E-state index contributed by atoms with van der Waals surface area (Å²) in [5, 5.41) is 7.39. The second-order valence-electron chi connectivity index (χ2n) is 5.37. The van der Waals surface area contributed by atoms with Crippen LogP contribution in [0.1, 0.15) is 18.1 Å². The zero-order valence-corrected chi connectivity index (χ0v) is 13.1. The van der Waals surface area contributed by atoms with E-state index in [1.807, 2.05) is 0 Å². The van der Waals surface area contributed by atoms with E-state index in [0.717, 1.165) is 4.90 Å². The van der Waals surface area contributed by atoms with Crippen molar-refractivity contribution in [2.45, 2.75) is 12.5 Å². The van der Waals surface area contributed by atoms with Gasteiger partial charge in [-0.1, -0.05) is 24.3 Å². The Bertz CT molecular complexity index is 685. The minimum absolute atomic E-state index is 0.0869. The minimum Gasteiger partial charge on any atom is -0.468 e. The van der Waals surface area contributed by atoms with Gasteiger partial charge >= 0.3 is 12.0 Å². The van der Waals surface area contributed by atoms with Crippen LogP contribution in [0.25, 0.3) is 0 Å². The molecule has 0 spiro atoms. The summed E-state index contributed by atoms with van der Waals surface area (Å²) < 4.78 is 4.52. The number of amides is 3. The van der Waals surface area contributed by atoms with E-state index in [2.05, 4.69) is 4.74 Å². The third-order valence-electron chi connectivity index (χ3n) is 4.12. The van der Waals surface area contributed by atoms with Crippen LogP contribution in [0, 0.1) is 5.41 Å². The quantitative estimate of drug-likeness (QED) is 0.357. The number of ether oxygens (including phenoxy) is 1. The largest absolute Gasteiger partial charge is 0.468 e. The molecule has 0 aliphatic carbocycles. The molecule has 1 aliphatic heterocycles. The van der Waals surface area contributed by atoms with Crippen molar-refractivity contribution in [1.29, 1.82) is 5.41 Å². The maximum absolute atomic E-state index is 12.7. The summed E-state index contributed by atoms with van der Waals surface area (Å²) in [6.07, 6.45) is 0. The Morgan fingerprint density at radius 3 is 2.35 bits per heavy atom. The fraction of sp³-hybridized carbons (Fsp3) is 0.333. The zero-order valence-electron chi connectivity index (χ0n) is 13.1. The Kier molecular flexibility index (Phi) is 4.09. The van der Waals surface area contributed by atoms with Crippen LogP contribution in [0.15, 0.2) is 24.3 Å². The molecule has 0 radical (unpaired) electrons. The Morgan fingerprint density at radius 1 is 1.30 bits per heavy atom. The van der Waals surface area contributed by atoms with E-state index in [1.54, 1.807) is 31.2 Å². The van der Waals surface area contributed by atoms with Gasteiger partial charge in [-0.05, 0) is 12.5 Å². The van der Waals surface area contributed by atoms with Crippen LogP contribution in [0.5, 0.6) is 0 Å². The van der Waals surface area contributed by atoms with Gasteiger partial charge in [0.05, 0.1) is 7.11 Å². The Labute approximate surface area is 133 Å². The molecule has 2 rings (SSSR count). The number of nitrogens with two attached hydrogens (primary N) is 1. The normalized spacial score (nSPS) is 20.8. The van der Waals surface area contributed by atoms with Gasteiger partial charge in [-0.2, -0.15) is 0 Å². The van der Waals surface area contributed by atoms with E-state index in [9.17, 15) is 14.4 Å². The van der Waals surface area contributed by atoms with Gasteiger partial charge in [0.15, 0.2) is 0 Å². The second-order valence-corrected chi connectivity index (χ2v) is 5.37. The van der Waals surface area contributed by atoms with E-state index in [0.29, 0.717) is 11.1 Å². The summed E-state index contributed by atoms with van der Waals surface area (Å²) in [5.74, 6) is -1.27. The van der Waals surface area contributed by atoms with Gasteiger partial charge in [0, 0.05) is 12.6 Å². The number of benzene rings is 1. The fourth-order valence-corrected chi connectivity index (χ4v) is 2.49. The van der Waals surface area contributed by atoms with Crippen molar-refractivity contribution >= 4 is 23.7 Å². The fourth-order valence-electron chi connectivity index (χ4n) is 2.49. The number of hydrogen-bond donors (Lipinski definition) is 2. The van der Waals surface area contributed by atoms with Gasteiger partial charge in [0.1, 0.15) is 17.9 Å². The lowest BCUT2D eigenvalue weighted by molar-refractivity contribution is -0.145. The highest BCUT2D eigenvalue weighted by atomic mass is 16.5. The predicted octanol–water partition coefficient (Wildman–Crippen LogP) is 0.253. The average Bonchev–Trinajstić information content (AvgIpc) is 2.71. The number of nitrogen functional groups attached to an aromatic ring is 1. The molecule has 1 aromatic carbocycles. The van der Waals surface area contributed by atoms with E-state index < -0.39 is 30.0 Å². The van der Waals surface area contributed by atoms with Crippen molar-refractivity contribution in [2.75, 3.05) is 20.7 Å². The summed E-state index contributed by atoms with van der Waals surface area (Å²) in [5.41, 5.74) is 5.26. The molecule has 122 valence electrons. The number of hydrogen-bond acceptors (Lipinski definition) is 5. The number of carbonyl (C=O) groups excluding carboxylic acids is 3. The van der Waals surface area contributed by atoms with E-state index in [1.165, 1.54) is 19.1 Å². The number of carbonyl (C=O) groups is 3. The Morgan fingerprint density at radius 2 is 1.87 bits per heavy atom. The first-order valence-corrected chi connectivity index (χ1v) is 6.85. The molecule has 1 heterocycles. The molecule has 3 N–H and O–H groups in total. The molecule has 0 unspecified atom stereocenters. The molecule has 8 heteroatoms. The first-order valence-electron chi connectivity index (χ1n) is 6.85. The molecule has 0 aromatic heterocycles. The Hall–Kier alpha value is -2.90. The summed E-state index contributed by atoms with van der Waals surface area (Å²) in [6, 6.07) is 5.92. The van der Waals surface area contributed by atoms with Crippen LogP contribution in [0.3, 0.4) is 0 Å². The lowest BCUT2D eigenvalue weighted by Crippen LogP contribution is -2.42. The average molecular weight is 318 g/mol. The third kappa shape index (κ3) is 2.52. The number of imide groups is 1. The molecular formula is C15H18N4O4. The molecule has 1 saturated heterocycles. The number of nitrogens with zero attached hydrogens (tertiary/aromatic N) is 2. The van der Waals surface area contributed by atoms with E-state index in [-0.39, 0.29) is 5.84 Å². The maximum Gasteiger partial charge on any atom is 0.328 e. The van der Waals surface area contributed by atoms with Crippen molar-refractivity contribution < 1.29 is 19.1 Å². The summed E-state index contributed by atoms with van der Waals surface area (Å²) in [6.45, 7) is 1.17. The van der Waals surface area contributed by atoms with Crippen LogP contribution in [0.4, 0.5) is 4.79 Å². The standard InChI is InChI=1S/C15H18N4O4/c1-15(10-6-4-9(5-7-10)12(16)17)13(21)19(8-11(20)23-3)14(22)18(15)2/h4-7H,8H2,1-3H3,(H3,16,17)/t15-/m0/s1. The number of nitrogens with one attached hydrogen (secondary N) is 1. The smallest absolute Gasteiger partial charge is 0.328 e. The monoisotopic (exact) mass is 318 g/mol. The van der Waals surface area contributed by atoms with Gasteiger partial charge in [0.2, 0.25) is 0 Å². The number of rotatable bonds is 4. The molecule has 0 bridgehead atoms. The van der Waals surface area contributed by atoms with E-state index in [4.69, 9.17) is 11.1 Å². The summed E-state index contributed by atoms with van der Waals surface area (Å²) in [4.78, 5) is 38.6. The highest BCUT2D eigenvalue weighted by molar-refractivity contribution is 6.08. The molecule has 1 fully saturated rings. The number of amidine groups is 1. The van der Waals surface area contributed by atoms with Crippen molar-refractivity contribution in [1.82, 2.24) is 9.80 Å². The first kappa shape index (κ1) is 16.5. The minimum atomic E-state index is -1.24. The van der Waals surface area contributed by atoms with Crippen molar-refractivity contribution in [3.05, 3.63) is 35.4 Å². The molecule has 1 aromatic rings. The number of methoxy groups -OCH3 is 1. The number of urea groups is 1. The van der Waals surface area contributed by atoms with Gasteiger partial charge < -0.3 is 15.4 Å². The number of esters is 1. The Balaban J connectivity index is 2.40. The molecule has 0 saturated carbocycles. The molecule has 23 heavy (non-hydrogen) atoms. The third-order valence-corrected chi connectivity index (χ3v) is 4.12. The highest BCUT2D eigenvalue weighted by Gasteiger charge is 2.54. The van der Waals surface area contributed by atoms with Crippen molar-refractivity contribution in [3.8, 4) is 0 Å². The topological polar surface area (TPSA) is 117 Å². The van der Waals surface area contributed by atoms with Crippen molar-refractivity contribution in [2.24, 2.45) is 5.73 Å². The van der Waals surface area contributed by atoms with E-state index >= 15 is 0 Å². The van der Waals surface area contributed by atoms with Crippen LogP contribution in [0.2, 0.25) is 0 Å². The summed E-state index contributed by atoms with van der Waals surface area (Å²) in [7, 11) is 2.69. The zero-order chi connectivity index (χ0) is 17.4. The molecule has 3 amide bonds. The molecular weight excluding hydrogens is 300 g/mol.